The highest BCUT2D eigenvalue weighted by atomic mass is 32.2. The lowest BCUT2D eigenvalue weighted by Gasteiger charge is -2.21. The molecule has 0 amide bonds. The number of aryl methyl sites for hydroxylation is 1. The number of aromatic nitrogens is 3. The zero-order valence-electron chi connectivity index (χ0n) is 16.2. The monoisotopic (exact) mass is 379 g/mol. The van der Waals surface area contributed by atoms with Crippen LogP contribution in [-0.2, 0) is 13.0 Å². The lowest BCUT2D eigenvalue weighted by Crippen LogP contribution is -2.10. The Morgan fingerprint density at radius 3 is 2.59 bits per heavy atom. The van der Waals surface area contributed by atoms with E-state index in [0.717, 1.165) is 35.1 Å². The van der Waals surface area contributed by atoms with Crippen LogP contribution in [0.2, 0.25) is 0 Å². The third-order valence-electron chi connectivity index (χ3n) is 5.59. The highest BCUT2D eigenvalue weighted by Gasteiger charge is 2.17. The molecule has 3 nitrogen and oxygen atoms in total. The van der Waals surface area contributed by atoms with Crippen molar-refractivity contribution >= 4 is 22.8 Å². The standard InChI is InChI=1S/C23H29N3S/c1-2-6-18-9-11-19(12-10-18)16-26-22-15-24-14-13-21(22)25-23(26)27-17-20-7-4-3-5-8-20/h9-15,20H,2-8,16-17H2,1H3. The van der Waals surface area contributed by atoms with Crippen molar-refractivity contribution in [3.63, 3.8) is 0 Å². The lowest BCUT2D eigenvalue weighted by atomic mass is 9.91. The average Bonchev–Trinajstić information content (AvgIpc) is 3.06. The maximum Gasteiger partial charge on any atom is 0.169 e. The number of hydrogen-bond acceptors (Lipinski definition) is 3. The van der Waals surface area contributed by atoms with E-state index < -0.39 is 0 Å². The fourth-order valence-electron chi connectivity index (χ4n) is 4.04. The largest absolute Gasteiger partial charge is 0.313 e. The van der Waals surface area contributed by atoms with Gasteiger partial charge >= 0.3 is 0 Å². The molecule has 1 saturated carbocycles. The second-order valence-electron chi connectivity index (χ2n) is 7.73. The predicted molar refractivity (Wildman–Crippen MR) is 114 cm³/mol. The fraction of sp³-hybridized carbons (Fsp3) is 0.478. The molecule has 0 saturated heterocycles. The van der Waals surface area contributed by atoms with Crippen molar-refractivity contribution < 1.29 is 0 Å². The summed E-state index contributed by atoms with van der Waals surface area (Å²) >= 11 is 1.93. The van der Waals surface area contributed by atoms with Gasteiger partial charge in [0.05, 0.1) is 23.8 Å². The molecule has 1 aliphatic carbocycles. The van der Waals surface area contributed by atoms with Gasteiger partial charge in [-0.25, -0.2) is 4.98 Å². The Kier molecular flexibility index (Phi) is 6.13. The summed E-state index contributed by atoms with van der Waals surface area (Å²) in [7, 11) is 0. The first-order chi connectivity index (χ1) is 13.3. The Labute approximate surface area is 166 Å². The SMILES string of the molecule is CCCc1ccc(Cn2c(SCC3CCCCC3)nc3ccncc32)cc1. The first kappa shape index (κ1) is 18.5. The van der Waals surface area contributed by atoms with Gasteiger partial charge < -0.3 is 4.57 Å². The van der Waals surface area contributed by atoms with Crippen molar-refractivity contribution in [2.45, 2.75) is 63.6 Å². The minimum atomic E-state index is 0.850. The number of imidazole rings is 1. The highest BCUT2D eigenvalue weighted by Crippen LogP contribution is 2.31. The van der Waals surface area contributed by atoms with E-state index in [-0.39, 0.29) is 0 Å². The molecule has 142 valence electrons. The molecule has 2 heterocycles. The fourth-order valence-corrected chi connectivity index (χ4v) is 5.24. The van der Waals surface area contributed by atoms with Crippen molar-refractivity contribution in [2.75, 3.05) is 5.75 Å². The van der Waals surface area contributed by atoms with Crippen LogP contribution in [0.1, 0.15) is 56.6 Å². The zero-order valence-corrected chi connectivity index (χ0v) is 17.0. The molecule has 1 aromatic carbocycles. The molecule has 4 heteroatoms. The number of nitrogens with zero attached hydrogens (tertiary/aromatic N) is 3. The van der Waals surface area contributed by atoms with Crippen LogP contribution in [0.25, 0.3) is 11.0 Å². The van der Waals surface area contributed by atoms with Gasteiger partial charge in [0.1, 0.15) is 0 Å². The van der Waals surface area contributed by atoms with Crippen LogP contribution in [0.15, 0.2) is 47.9 Å². The van der Waals surface area contributed by atoms with E-state index in [9.17, 15) is 0 Å². The molecule has 0 aliphatic heterocycles. The number of fused-ring (bicyclic) bond motifs is 1. The molecule has 27 heavy (non-hydrogen) atoms. The Bertz CT molecular complexity index is 863. The van der Waals surface area contributed by atoms with Crippen LogP contribution >= 0.6 is 11.8 Å². The van der Waals surface area contributed by atoms with Gasteiger partial charge in [0.15, 0.2) is 5.16 Å². The van der Waals surface area contributed by atoms with Crippen molar-refractivity contribution in [3.8, 4) is 0 Å². The van der Waals surface area contributed by atoms with Crippen molar-refractivity contribution in [2.24, 2.45) is 5.92 Å². The number of thioether (sulfide) groups is 1. The van der Waals surface area contributed by atoms with Gasteiger partial charge in [-0.3, -0.25) is 4.98 Å². The van der Waals surface area contributed by atoms with Crippen LogP contribution in [-0.4, -0.2) is 20.3 Å². The van der Waals surface area contributed by atoms with E-state index >= 15 is 0 Å². The topological polar surface area (TPSA) is 30.7 Å². The van der Waals surface area contributed by atoms with Gasteiger partial charge in [0.25, 0.3) is 0 Å². The Morgan fingerprint density at radius 1 is 1.04 bits per heavy atom. The third-order valence-corrected chi connectivity index (χ3v) is 6.80. The van der Waals surface area contributed by atoms with Crippen molar-refractivity contribution in [3.05, 3.63) is 53.9 Å². The molecule has 0 atom stereocenters. The predicted octanol–water partition coefficient (Wildman–Crippen LogP) is 6.10. The van der Waals surface area contributed by atoms with E-state index in [4.69, 9.17) is 4.98 Å². The summed E-state index contributed by atoms with van der Waals surface area (Å²) in [5.74, 6) is 2.04. The molecule has 0 N–H and O–H groups in total. The maximum atomic E-state index is 4.93. The van der Waals surface area contributed by atoms with Gasteiger partial charge in [-0.15, -0.1) is 0 Å². The molecular weight excluding hydrogens is 350 g/mol. The smallest absolute Gasteiger partial charge is 0.169 e. The third kappa shape index (κ3) is 4.55. The van der Waals surface area contributed by atoms with E-state index in [1.807, 2.05) is 30.2 Å². The molecule has 4 rings (SSSR count). The molecule has 0 spiro atoms. The van der Waals surface area contributed by atoms with Gasteiger partial charge in [-0.05, 0) is 42.4 Å². The first-order valence-corrected chi connectivity index (χ1v) is 11.3. The number of hydrogen-bond donors (Lipinski definition) is 0. The van der Waals surface area contributed by atoms with Gasteiger partial charge in [-0.1, -0.05) is 68.6 Å². The molecule has 0 radical (unpaired) electrons. The van der Waals surface area contributed by atoms with Crippen LogP contribution in [0.4, 0.5) is 0 Å². The Hall–Kier alpha value is -1.81. The van der Waals surface area contributed by atoms with E-state index in [2.05, 4.69) is 40.7 Å². The summed E-state index contributed by atoms with van der Waals surface area (Å²) in [6, 6.07) is 11.1. The average molecular weight is 380 g/mol. The van der Waals surface area contributed by atoms with Gasteiger partial charge in [-0.2, -0.15) is 0 Å². The van der Waals surface area contributed by atoms with Crippen molar-refractivity contribution in [1.82, 2.24) is 14.5 Å². The summed E-state index contributed by atoms with van der Waals surface area (Å²) < 4.78 is 2.35. The molecule has 1 aliphatic rings. The molecule has 0 bridgehead atoms. The summed E-state index contributed by atoms with van der Waals surface area (Å²) in [4.78, 5) is 9.27. The number of rotatable bonds is 7. The number of pyridine rings is 1. The number of benzene rings is 1. The van der Waals surface area contributed by atoms with E-state index in [1.165, 1.54) is 55.4 Å². The zero-order chi connectivity index (χ0) is 18.5. The minimum absolute atomic E-state index is 0.850. The highest BCUT2D eigenvalue weighted by molar-refractivity contribution is 7.99. The second-order valence-corrected chi connectivity index (χ2v) is 8.71. The van der Waals surface area contributed by atoms with Crippen LogP contribution < -0.4 is 0 Å². The molecule has 3 aromatic rings. The second kappa shape index (κ2) is 8.92. The Balaban J connectivity index is 1.55. The normalized spacial score (nSPS) is 15.4. The van der Waals surface area contributed by atoms with Crippen LogP contribution in [0.5, 0.6) is 0 Å². The summed E-state index contributed by atoms with van der Waals surface area (Å²) in [5.41, 5.74) is 4.95. The lowest BCUT2D eigenvalue weighted by molar-refractivity contribution is 0.390. The summed E-state index contributed by atoms with van der Waals surface area (Å²) in [5, 5.41) is 1.14. The summed E-state index contributed by atoms with van der Waals surface area (Å²) in [6.45, 7) is 3.09. The van der Waals surface area contributed by atoms with Crippen LogP contribution in [0.3, 0.4) is 0 Å². The van der Waals surface area contributed by atoms with Crippen LogP contribution in [0, 0.1) is 5.92 Å². The molecule has 0 unspecified atom stereocenters. The summed E-state index contributed by atoms with van der Waals surface area (Å²) in [6.07, 6.45) is 13.1. The maximum absolute atomic E-state index is 4.93. The van der Waals surface area contributed by atoms with E-state index in [0.29, 0.717) is 0 Å². The molecule has 2 aromatic heterocycles. The van der Waals surface area contributed by atoms with E-state index in [1.54, 1.807) is 0 Å². The van der Waals surface area contributed by atoms with Crippen molar-refractivity contribution in [1.29, 1.82) is 0 Å². The Morgan fingerprint density at radius 2 is 1.81 bits per heavy atom. The quantitative estimate of drug-likeness (QED) is 0.464. The van der Waals surface area contributed by atoms with Gasteiger partial charge in [0.2, 0.25) is 0 Å². The molecule has 1 fully saturated rings. The van der Waals surface area contributed by atoms with Gasteiger partial charge in [0, 0.05) is 11.9 Å². The molecular formula is C23H29N3S. The first-order valence-electron chi connectivity index (χ1n) is 10.3. The minimum Gasteiger partial charge on any atom is -0.313 e.